The van der Waals surface area contributed by atoms with E-state index in [9.17, 15) is 0 Å². The number of rotatable bonds is 3. The monoisotopic (exact) mass is 345 g/mol. The van der Waals surface area contributed by atoms with E-state index in [0.717, 1.165) is 5.92 Å². The quantitative estimate of drug-likeness (QED) is 0.732. The fourth-order valence-corrected chi connectivity index (χ4v) is 4.91. The maximum atomic E-state index is 6.14. The van der Waals surface area contributed by atoms with Gasteiger partial charge in [-0.1, -0.05) is 44.0 Å². The third-order valence-electron chi connectivity index (χ3n) is 4.57. The summed E-state index contributed by atoms with van der Waals surface area (Å²) in [5, 5.41) is 5.35. The minimum atomic E-state index is 0.384. The highest BCUT2D eigenvalue weighted by molar-refractivity contribution is 8.00. The van der Waals surface area contributed by atoms with E-state index in [4.69, 9.17) is 23.2 Å². The lowest BCUT2D eigenvalue weighted by Gasteiger charge is -2.41. The molecule has 1 nitrogen and oxygen atoms in total. The molecule has 0 saturated heterocycles. The van der Waals surface area contributed by atoms with Crippen LogP contribution < -0.4 is 5.32 Å². The molecule has 1 N–H and O–H groups in total. The Bertz CT molecular complexity index is 484. The van der Waals surface area contributed by atoms with Crippen LogP contribution in [0.1, 0.15) is 40.0 Å². The van der Waals surface area contributed by atoms with Crippen molar-refractivity contribution in [2.75, 3.05) is 7.05 Å². The zero-order chi connectivity index (χ0) is 15.6. The third kappa shape index (κ3) is 4.54. The first-order valence-electron chi connectivity index (χ1n) is 7.60. The molecule has 1 aromatic rings. The standard InChI is InChI=1S/C17H25Cl2NS/c1-17(2,3)11-5-8-15(20-4)16(9-11)21-12-6-7-13(18)14(19)10-12/h6-7,10-11,15-16,20H,5,8-9H2,1-4H3. The molecular weight excluding hydrogens is 321 g/mol. The largest absolute Gasteiger partial charge is 0.316 e. The second kappa shape index (κ2) is 7.12. The summed E-state index contributed by atoms with van der Waals surface area (Å²) in [4.78, 5) is 1.21. The summed E-state index contributed by atoms with van der Waals surface area (Å²) in [5.41, 5.74) is 0.384. The minimum Gasteiger partial charge on any atom is -0.316 e. The number of nitrogens with one attached hydrogen (secondary N) is 1. The van der Waals surface area contributed by atoms with E-state index in [2.05, 4.69) is 39.2 Å². The van der Waals surface area contributed by atoms with E-state index in [0.29, 0.717) is 26.8 Å². The molecule has 1 aliphatic carbocycles. The first kappa shape index (κ1) is 17.5. The summed E-state index contributed by atoms with van der Waals surface area (Å²) < 4.78 is 0. The Balaban J connectivity index is 2.12. The second-order valence-corrected chi connectivity index (χ2v) is 9.13. The molecule has 3 atom stereocenters. The summed E-state index contributed by atoms with van der Waals surface area (Å²) in [6, 6.07) is 6.53. The fraction of sp³-hybridized carbons (Fsp3) is 0.647. The average molecular weight is 346 g/mol. The van der Waals surface area contributed by atoms with Crippen molar-refractivity contribution in [2.24, 2.45) is 11.3 Å². The van der Waals surface area contributed by atoms with Crippen molar-refractivity contribution in [1.29, 1.82) is 0 Å². The SMILES string of the molecule is CNC1CCC(C(C)(C)C)CC1Sc1ccc(Cl)c(Cl)c1. The molecule has 0 aliphatic heterocycles. The van der Waals surface area contributed by atoms with Crippen molar-refractivity contribution < 1.29 is 0 Å². The molecule has 4 heteroatoms. The van der Waals surface area contributed by atoms with E-state index in [1.165, 1.54) is 24.2 Å². The summed E-state index contributed by atoms with van der Waals surface area (Å²) >= 11 is 14.1. The van der Waals surface area contributed by atoms with Crippen molar-refractivity contribution in [1.82, 2.24) is 5.32 Å². The highest BCUT2D eigenvalue weighted by Crippen LogP contribution is 2.43. The zero-order valence-electron chi connectivity index (χ0n) is 13.2. The van der Waals surface area contributed by atoms with Crippen LogP contribution in [0.3, 0.4) is 0 Å². The molecule has 1 aliphatic rings. The first-order valence-corrected chi connectivity index (χ1v) is 9.24. The predicted molar refractivity (Wildman–Crippen MR) is 95.8 cm³/mol. The topological polar surface area (TPSA) is 12.0 Å². The molecular formula is C17H25Cl2NS. The van der Waals surface area contributed by atoms with Gasteiger partial charge in [-0.3, -0.25) is 0 Å². The van der Waals surface area contributed by atoms with E-state index < -0.39 is 0 Å². The molecule has 1 aromatic carbocycles. The van der Waals surface area contributed by atoms with Crippen molar-refractivity contribution in [3.8, 4) is 0 Å². The van der Waals surface area contributed by atoms with Crippen molar-refractivity contribution in [2.45, 2.75) is 56.2 Å². The van der Waals surface area contributed by atoms with Crippen LogP contribution >= 0.6 is 35.0 Å². The Kier molecular flexibility index (Phi) is 5.92. The minimum absolute atomic E-state index is 0.384. The van der Waals surface area contributed by atoms with Crippen molar-refractivity contribution in [3.63, 3.8) is 0 Å². The summed E-state index contributed by atoms with van der Waals surface area (Å²) in [7, 11) is 2.07. The lowest BCUT2D eigenvalue weighted by atomic mass is 9.71. The van der Waals surface area contributed by atoms with Gasteiger partial charge in [-0.25, -0.2) is 0 Å². The molecule has 1 fully saturated rings. The smallest absolute Gasteiger partial charge is 0.0603 e. The maximum Gasteiger partial charge on any atom is 0.0603 e. The molecule has 0 heterocycles. The lowest BCUT2D eigenvalue weighted by molar-refractivity contribution is 0.167. The molecule has 118 valence electrons. The fourth-order valence-electron chi connectivity index (χ4n) is 3.10. The van der Waals surface area contributed by atoms with E-state index >= 15 is 0 Å². The van der Waals surface area contributed by atoms with Crippen LogP contribution in [0.4, 0.5) is 0 Å². The van der Waals surface area contributed by atoms with Crippen LogP contribution in [-0.4, -0.2) is 18.3 Å². The summed E-state index contributed by atoms with van der Waals surface area (Å²) in [5.74, 6) is 0.780. The average Bonchev–Trinajstić information content (AvgIpc) is 2.42. The summed E-state index contributed by atoms with van der Waals surface area (Å²) in [6.07, 6.45) is 3.81. The van der Waals surface area contributed by atoms with Crippen molar-refractivity contribution in [3.05, 3.63) is 28.2 Å². The van der Waals surface area contributed by atoms with Crippen LogP contribution in [0.15, 0.2) is 23.1 Å². The zero-order valence-corrected chi connectivity index (χ0v) is 15.6. The van der Waals surface area contributed by atoms with Crippen LogP contribution in [0.2, 0.25) is 10.0 Å². The van der Waals surface area contributed by atoms with Gasteiger partial charge in [0.25, 0.3) is 0 Å². The van der Waals surface area contributed by atoms with Gasteiger partial charge < -0.3 is 5.32 Å². The number of halogens is 2. The molecule has 0 amide bonds. The van der Waals surface area contributed by atoms with Gasteiger partial charge in [-0.15, -0.1) is 11.8 Å². The van der Waals surface area contributed by atoms with Crippen molar-refractivity contribution >= 4 is 35.0 Å². The van der Waals surface area contributed by atoms with Gasteiger partial charge in [0.05, 0.1) is 10.0 Å². The molecule has 0 spiro atoms. The molecule has 1 saturated carbocycles. The van der Waals surface area contributed by atoms with E-state index in [1.54, 1.807) is 0 Å². The van der Waals surface area contributed by atoms with Gasteiger partial charge in [0, 0.05) is 16.2 Å². The second-order valence-electron chi connectivity index (χ2n) is 7.00. The Morgan fingerprint density at radius 2 is 1.86 bits per heavy atom. The van der Waals surface area contributed by atoms with Gasteiger partial charge >= 0.3 is 0 Å². The van der Waals surface area contributed by atoms with Gasteiger partial charge in [-0.2, -0.15) is 0 Å². The Labute approximate surface area is 143 Å². The van der Waals surface area contributed by atoms with Gasteiger partial charge in [0.15, 0.2) is 0 Å². The van der Waals surface area contributed by atoms with Crippen LogP contribution in [0.25, 0.3) is 0 Å². The Morgan fingerprint density at radius 3 is 2.43 bits per heavy atom. The number of hydrogen-bond acceptors (Lipinski definition) is 2. The van der Waals surface area contributed by atoms with Gasteiger partial charge in [0.2, 0.25) is 0 Å². The first-order chi connectivity index (χ1) is 9.81. The van der Waals surface area contributed by atoms with Crippen LogP contribution in [-0.2, 0) is 0 Å². The maximum absolute atomic E-state index is 6.14. The molecule has 0 aromatic heterocycles. The molecule has 21 heavy (non-hydrogen) atoms. The molecule has 0 bridgehead atoms. The van der Waals surface area contributed by atoms with Gasteiger partial charge in [-0.05, 0) is 55.8 Å². The van der Waals surface area contributed by atoms with E-state index in [-0.39, 0.29) is 0 Å². The van der Waals surface area contributed by atoms with E-state index in [1.807, 2.05) is 23.9 Å². The molecule has 0 radical (unpaired) electrons. The lowest BCUT2D eigenvalue weighted by Crippen LogP contribution is -2.43. The normalized spacial score (nSPS) is 26.9. The highest BCUT2D eigenvalue weighted by atomic mass is 35.5. The highest BCUT2D eigenvalue weighted by Gasteiger charge is 2.35. The summed E-state index contributed by atoms with van der Waals surface area (Å²) in [6.45, 7) is 7.08. The number of benzene rings is 1. The molecule has 3 unspecified atom stereocenters. The Hall–Kier alpha value is 0.110. The van der Waals surface area contributed by atoms with Crippen LogP contribution in [0, 0.1) is 11.3 Å². The number of thioether (sulfide) groups is 1. The Morgan fingerprint density at radius 1 is 1.14 bits per heavy atom. The number of hydrogen-bond donors (Lipinski definition) is 1. The third-order valence-corrected chi connectivity index (χ3v) is 6.65. The predicted octanol–water partition coefficient (Wildman–Crippen LogP) is 5.89. The van der Waals surface area contributed by atoms with Crippen LogP contribution in [0.5, 0.6) is 0 Å². The van der Waals surface area contributed by atoms with Gasteiger partial charge in [0.1, 0.15) is 0 Å². The molecule has 2 rings (SSSR count).